The summed E-state index contributed by atoms with van der Waals surface area (Å²) in [5, 5.41) is 13.2. The maximum Gasteiger partial charge on any atom is 0.303 e. The predicted octanol–water partition coefficient (Wildman–Crippen LogP) is 1.72. The predicted molar refractivity (Wildman–Crippen MR) is 153 cm³/mol. The van der Waals surface area contributed by atoms with Crippen LogP contribution in [-0.2, 0) is 47.7 Å². The second-order valence-corrected chi connectivity index (χ2v) is 11.0. The van der Waals surface area contributed by atoms with E-state index in [0.29, 0.717) is 26.0 Å². The van der Waals surface area contributed by atoms with Crippen LogP contribution in [0.3, 0.4) is 0 Å². The lowest BCUT2D eigenvalue weighted by atomic mass is 9.97. The normalized spacial score (nSPS) is 22.6. The van der Waals surface area contributed by atoms with Gasteiger partial charge in [0.05, 0.1) is 22.0 Å². The molecule has 14 heteroatoms. The minimum absolute atomic E-state index is 0.124. The van der Waals surface area contributed by atoms with Gasteiger partial charge in [-0.05, 0) is 24.3 Å². The molecule has 1 N–H and O–H groups in total. The number of benzene rings is 2. The van der Waals surface area contributed by atoms with Crippen molar-refractivity contribution in [1.29, 1.82) is 0 Å². The van der Waals surface area contributed by atoms with Crippen LogP contribution in [-0.4, -0.2) is 70.5 Å². The minimum atomic E-state index is -1.49. The molecule has 44 heavy (non-hydrogen) atoms. The standard InChI is InChI=1S/C30H27BrN2O11/c1-13(34)40-12-22-25(41-14(2)35)26(42-15(3)36)27(43-16(4)37)30(44-22)33-21-8-6-5-7-18(21)24(29(33)39)23-19-11-17(31)9-10-20(19)32-28(23)38/h5-11,22,25-27,30,39H,12H2,1-4H3/t22-,25-,26+,27-,30-/m1/s1. The van der Waals surface area contributed by atoms with Crippen molar-refractivity contribution in [2.24, 2.45) is 4.99 Å². The first kappa shape index (κ1) is 30.9. The molecule has 3 heterocycles. The number of esters is 4. The number of nitrogens with zero attached hydrogens (tertiary/aromatic N) is 2. The van der Waals surface area contributed by atoms with Crippen molar-refractivity contribution in [1.82, 2.24) is 4.57 Å². The maximum absolute atomic E-state index is 13.3. The van der Waals surface area contributed by atoms with Crippen molar-refractivity contribution >= 4 is 62.2 Å². The summed E-state index contributed by atoms with van der Waals surface area (Å²) < 4.78 is 30.1. The first-order valence-electron chi connectivity index (χ1n) is 13.4. The van der Waals surface area contributed by atoms with Crippen LogP contribution in [0, 0.1) is 0 Å². The van der Waals surface area contributed by atoms with Crippen molar-refractivity contribution in [3.05, 3.63) is 63.1 Å². The van der Waals surface area contributed by atoms with Crippen LogP contribution < -0.4 is 10.6 Å². The zero-order valence-electron chi connectivity index (χ0n) is 23.9. The molecule has 2 aliphatic heterocycles. The van der Waals surface area contributed by atoms with E-state index in [2.05, 4.69) is 20.9 Å². The Bertz CT molecular complexity index is 1830. The molecule has 0 unspecified atom stereocenters. The fourth-order valence-corrected chi connectivity index (χ4v) is 5.86. The summed E-state index contributed by atoms with van der Waals surface area (Å²) in [5.41, 5.74) is 0.614. The SMILES string of the molecule is CC(=O)OC[C@H]1O[C@@H](n2c(O)c(C3=c4cc(Br)ccc4=NC3=O)c3ccccc32)[C@H](OC(C)=O)[C@@H](OC(C)=O)[C@@H]1OC(C)=O. The molecule has 1 amide bonds. The summed E-state index contributed by atoms with van der Waals surface area (Å²) in [6.07, 6.45) is -7.02. The molecule has 1 aromatic heterocycles. The van der Waals surface area contributed by atoms with Crippen molar-refractivity contribution in [2.45, 2.75) is 58.3 Å². The number of ether oxygens (including phenoxy) is 5. The highest BCUT2D eigenvalue weighted by molar-refractivity contribution is 9.10. The van der Waals surface area contributed by atoms with Crippen LogP contribution in [0.2, 0.25) is 0 Å². The molecule has 0 aliphatic carbocycles. The average molecular weight is 671 g/mol. The van der Waals surface area contributed by atoms with E-state index in [9.17, 15) is 29.1 Å². The highest BCUT2D eigenvalue weighted by atomic mass is 79.9. The Labute approximate surface area is 258 Å². The molecule has 1 fully saturated rings. The Morgan fingerprint density at radius 1 is 0.909 bits per heavy atom. The number of fused-ring (bicyclic) bond motifs is 2. The monoisotopic (exact) mass is 670 g/mol. The number of rotatable bonds is 7. The third kappa shape index (κ3) is 5.82. The quantitative estimate of drug-likeness (QED) is 0.287. The first-order valence-corrected chi connectivity index (χ1v) is 14.2. The van der Waals surface area contributed by atoms with Gasteiger partial charge < -0.3 is 28.8 Å². The van der Waals surface area contributed by atoms with Gasteiger partial charge in [0, 0.05) is 42.8 Å². The molecule has 1 saturated heterocycles. The molecule has 3 aromatic rings. The van der Waals surface area contributed by atoms with Gasteiger partial charge in [0.25, 0.3) is 5.91 Å². The van der Waals surface area contributed by atoms with Gasteiger partial charge >= 0.3 is 23.9 Å². The Kier molecular flexibility index (Phi) is 8.57. The van der Waals surface area contributed by atoms with Gasteiger partial charge in [0.2, 0.25) is 5.88 Å². The molecule has 0 radical (unpaired) electrons. The molecule has 0 saturated carbocycles. The van der Waals surface area contributed by atoms with E-state index in [-0.39, 0.29) is 11.1 Å². The van der Waals surface area contributed by atoms with Crippen molar-refractivity contribution in [3.63, 3.8) is 0 Å². The number of hydrogen-bond acceptors (Lipinski definition) is 11. The van der Waals surface area contributed by atoms with Gasteiger partial charge in [-0.1, -0.05) is 34.1 Å². The van der Waals surface area contributed by atoms with Crippen LogP contribution in [0.5, 0.6) is 5.88 Å². The van der Waals surface area contributed by atoms with E-state index in [0.717, 1.165) is 20.8 Å². The largest absolute Gasteiger partial charge is 0.494 e. The van der Waals surface area contributed by atoms with Crippen LogP contribution in [0.15, 0.2) is 51.9 Å². The number of carbonyl (C=O) groups excluding carboxylic acids is 5. The summed E-state index contributed by atoms with van der Waals surface area (Å²) in [5.74, 6) is -4.07. The van der Waals surface area contributed by atoms with E-state index in [4.69, 9.17) is 23.7 Å². The zero-order valence-corrected chi connectivity index (χ0v) is 25.5. The Morgan fingerprint density at radius 3 is 2.20 bits per heavy atom. The molecule has 0 bridgehead atoms. The number of hydrogen-bond donors (Lipinski definition) is 1. The number of amides is 1. The van der Waals surface area contributed by atoms with Crippen molar-refractivity contribution in [2.75, 3.05) is 6.61 Å². The van der Waals surface area contributed by atoms with Gasteiger partial charge in [0.1, 0.15) is 12.7 Å². The second-order valence-electron chi connectivity index (χ2n) is 10.1. The summed E-state index contributed by atoms with van der Waals surface area (Å²) in [7, 11) is 0. The zero-order chi connectivity index (χ0) is 31.9. The number of aromatic nitrogens is 1. The van der Waals surface area contributed by atoms with Crippen molar-refractivity contribution in [3.8, 4) is 5.88 Å². The van der Waals surface area contributed by atoms with Gasteiger partial charge in [-0.3, -0.25) is 28.5 Å². The molecule has 13 nitrogen and oxygen atoms in total. The van der Waals surface area contributed by atoms with Crippen molar-refractivity contribution < 1.29 is 52.8 Å². The van der Waals surface area contributed by atoms with Gasteiger partial charge in [-0.15, -0.1) is 0 Å². The van der Waals surface area contributed by atoms with Gasteiger partial charge in [0.15, 0.2) is 24.5 Å². The topological polar surface area (TPSA) is 169 Å². The lowest BCUT2D eigenvalue weighted by Crippen LogP contribution is -2.60. The molecule has 2 aliphatic rings. The molecule has 2 aromatic carbocycles. The molecule has 230 valence electrons. The van der Waals surface area contributed by atoms with Crippen LogP contribution in [0.25, 0.3) is 16.5 Å². The van der Waals surface area contributed by atoms with E-state index in [1.54, 1.807) is 42.5 Å². The average Bonchev–Trinajstić information content (AvgIpc) is 3.40. The summed E-state index contributed by atoms with van der Waals surface area (Å²) in [6.45, 7) is 4.08. The third-order valence-electron chi connectivity index (χ3n) is 7.02. The number of aromatic hydroxyl groups is 1. The smallest absolute Gasteiger partial charge is 0.303 e. The molecular weight excluding hydrogens is 644 g/mol. The molecule has 0 spiro atoms. The number of para-hydroxylation sites is 1. The van der Waals surface area contributed by atoms with Gasteiger partial charge in [-0.2, -0.15) is 0 Å². The molecule has 5 atom stereocenters. The Balaban J connectivity index is 1.77. The maximum atomic E-state index is 13.3. The fourth-order valence-electron chi connectivity index (χ4n) is 5.50. The second kappa shape index (κ2) is 12.2. The molecular formula is C30H27BrN2O11. The van der Waals surface area contributed by atoms with E-state index >= 15 is 0 Å². The fraction of sp³-hybridized carbons (Fsp3) is 0.333. The lowest BCUT2D eigenvalue weighted by molar-refractivity contribution is -0.268. The molecule has 5 rings (SSSR count). The lowest BCUT2D eigenvalue weighted by Gasteiger charge is -2.45. The van der Waals surface area contributed by atoms with Crippen LogP contribution in [0.1, 0.15) is 39.5 Å². The number of halogens is 1. The van der Waals surface area contributed by atoms with E-state index in [1.807, 2.05) is 0 Å². The minimum Gasteiger partial charge on any atom is -0.494 e. The first-order chi connectivity index (χ1) is 20.9. The van der Waals surface area contributed by atoms with E-state index < -0.39 is 72.9 Å². The van der Waals surface area contributed by atoms with Crippen LogP contribution >= 0.6 is 15.9 Å². The third-order valence-corrected chi connectivity index (χ3v) is 7.51. The highest BCUT2D eigenvalue weighted by Crippen LogP contribution is 2.43. The summed E-state index contributed by atoms with van der Waals surface area (Å²) in [6, 6.07) is 11.8. The Morgan fingerprint density at radius 2 is 1.55 bits per heavy atom. The highest BCUT2D eigenvalue weighted by Gasteiger charge is 2.53. The summed E-state index contributed by atoms with van der Waals surface area (Å²) >= 11 is 3.42. The summed E-state index contributed by atoms with van der Waals surface area (Å²) in [4.78, 5) is 65.9. The van der Waals surface area contributed by atoms with Gasteiger partial charge in [-0.25, -0.2) is 4.99 Å². The Hall–Kier alpha value is -4.56. The number of carbonyl (C=O) groups is 5. The van der Waals surface area contributed by atoms with E-state index in [1.165, 1.54) is 11.5 Å². The van der Waals surface area contributed by atoms with Crippen LogP contribution in [0.4, 0.5) is 0 Å².